The number of halogens is 1. The Bertz CT molecular complexity index is 526. The predicted octanol–water partition coefficient (Wildman–Crippen LogP) is 4.49. The Morgan fingerprint density at radius 2 is 2.00 bits per heavy atom. The van der Waals surface area contributed by atoms with Crippen molar-refractivity contribution >= 4 is 11.6 Å². The first-order valence-corrected chi connectivity index (χ1v) is 8.20. The van der Waals surface area contributed by atoms with E-state index in [-0.39, 0.29) is 5.60 Å². The van der Waals surface area contributed by atoms with Crippen molar-refractivity contribution in [3.05, 3.63) is 28.8 Å². The maximum absolute atomic E-state index is 10.5. The summed E-state index contributed by atoms with van der Waals surface area (Å²) in [6, 6.07) is 5.62. The second kappa shape index (κ2) is 4.64. The normalized spacial score (nSPS) is 36.5. The van der Waals surface area contributed by atoms with E-state index in [9.17, 15) is 5.11 Å². The maximum atomic E-state index is 10.5. The molecule has 3 aliphatic rings. The van der Waals surface area contributed by atoms with Gasteiger partial charge >= 0.3 is 0 Å². The molecule has 2 saturated carbocycles. The molecule has 2 fully saturated rings. The van der Waals surface area contributed by atoms with Crippen molar-refractivity contribution < 1.29 is 9.84 Å². The van der Waals surface area contributed by atoms with Gasteiger partial charge in [0.25, 0.3) is 0 Å². The van der Waals surface area contributed by atoms with Gasteiger partial charge in [0.2, 0.25) is 0 Å². The smallest absolute Gasteiger partial charge is 0.126 e. The Hall–Kier alpha value is -0.730. The van der Waals surface area contributed by atoms with Crippen LogP contribution < -0.4 is 4.74 Å². The van der Waals surface area contributed by atoms with Crippen LogP contribution >= 0.6 is 11.6 Å². The van der Waals surface area contributed by atoms with Gasteiger partial charge in [-0.25, -0.2) is 0 Å². The molecular formula is C17H21ClO2. The van der Waals surface area contributed by atoms with E-state index in [1.807, 2.05) is 18.2 Å². The van der Waals surface area contributed by atoms with Gasteiger partial charge in [0.15, 0.2) is 0 Å². The summed E-state index contributed by atoms with van der Waals surface area (Å²) in [5, 5.41) is 11.2. The molecule has 3 unspecified atom stereocenters. The Labute approximate surface area is 125 Å². The van der Waals surface area contributed by atoms with E-state index in [1.165, 1.54) is 25.7 Å². The highest BCUT2D eigenvalue weighted by Gasteiger charge is 2.47. The van der Waals surface area contributed by atoms with E-state index in [2.05, 4.69) is 0 Å². The van der Waals surface area contributed by atoms with Crippen LogP contribution in [0.2, 0.25) is 5.02 Å². The van der Waals surface area contributed by atoms with Crippen molar-refractivity contribution in [3.8, 4) is 5.75 Å². The molecule has 108 valence electrons. The van der Waals surface area contributed by atoms with Gasteiger partial charge in [-0.3, -0.25) is 0 Å². The molecule has 1 heterocycles. The lowest BCUT2D eigenvalue weighted by Gasteiger charge is -2.45. The molecule has 2 nitrogen and oxygen atoms in total. The molecule has 0 aromatic heterocycles. The lowest BCUT2D eigenvalue weighted by molar-refractivity contribution is -0.0543. The number of aliphatic hydroxyl groups excluding tert-OH is 1. The molecule has 1 N–H and O–H groups in total. The highest BCUT2D eigenvalue weighted by Crippen LogP contribution is 2.52. The second-order valence-electron chi connectivity index (χ2n) is 6.88. The highest BCUT2D eigenvalue weighted by atomic mass is 35.5. The van der Waals surface area contributed by atoms with Gasteiger partial charge in [0.05, 0.1) is 6.10 Å². The van der Waals surface area contributed by atoms with Crippen molar-refractivity contribution in [2.75, 3.05) is 0 Å². The van der Waals surface area contributed by atoms with Crippen molar-refractivity contribution in [2.24, 2.45) is 11.8 Å². The molecule has 4 rings (SSSR count). The number of rotatable bonds is 1. The first-order chi connectivity index (χ1) is 9.65. The lowest BCUT2D eigenvalue weighted by atomic mass is 9.72. The van der Waals surface area contributed by atoms with E-state index in [0.717, 1.165) is 42.4 Å². The quantitative estimate of drug-likeness (QED) is 0.826. The van der Waals surface area contributed by atoms with Gasteiger partial charge in [-0.1, -0.05) is 11.6 Å². The van der Waals surface area contributed by atoms with E-state index in [4.69, 9.17) is 16.3 Å². The van der Waals surface area contributed by atoms with Gasteiger partial charge < -0.3 is 9.84 Å². The molecule has 3 atom stereocenters. The molecule has 0 radical (unpaired) electrons. The zero-order chi connectivity index (χ0) is 13.7. The molecule has 1 aromatic carbocycles. The molecule has 1 spiro atoms. The third kappa shape index (κ3) is 2.23. The van der Waals surface area contributed by atoms with Crippen LogP contribution in [0.3, 0.4) is 0 Å². The number of aliphatic hydroxyl groups is 1. The minimum Gasteiger partial charge on any atom is -0.487 e. The number of hydrogen-bond donors (Lipinski definition) is 1. The standard InChI is InChI=1S/C17H21ClO2/c18-13-5-6-16-14(8-13)15(19)10-17(20-16)7-1-2-12(9-17)11-3-4-11/h5-6,8,11-12,15,19H,1-4,7,9-10H2. The van der Waals surface area contributed by atoms with E-state index in [0.29, 0.717) is 5.02 Å². The summed E-state index contributed by atoms with van der Waals surface area (Å²) in [6.45, 7) is 0. The Morgan fingerprint density at radius 3 is 2.80 bits per heavy atom. The van der Waals surface area contributed by atoms with Crippen LogP contribution in [-0.4, -0.2) is 10.7 Å². The van der Waals surface area contributed by atoms with Crippen molar-refractivity contribution in [1.29, 1.82) is 0 Å². The minimum absolute atomic E-state index is 0.133. The van der Waals surface area contributed by atoms with Gasteiger partial charge in [0, 0.05) is 17.0 Å². The van der Waals surface area contributed by atoms with Crippen molar-refractivity contribution in [3.63, 3.8) is 0 Å². The lowest BCUT2D eigenvalue weighted by Crippen LogP contribution is -2.45. The molecule has 1 aliphatic heterocycles. The zero-order valence-corrected chi connectivity index (χ0v) is 12.4. The molecule has 2 aliphatic carbocycles. The summed E-state index contributed by atoms with van der Waals surface area (Å²) in [6.07, 6.45) is 7.87. The van der Waals surface area contributed by atoms with Crippen molar-refractivity contribution in [2.45, 2.75) is 56.7 Å². The highest BCUT2D eigenvalue weighted by molar-refractivity contribution is 6.30. The topological polar surface area (TPSA) is 29.5 Å². The first-order valence-electron chi connectivity index (χ1n) is 7.82. The van der Waals surface area contributed by atoms with Crippen LogP contribution in [0.1, 0.15) is 56.6 Å². The van der Waals surface area contributed by atoms with E-state index < -0.39 is 6.10 Å². The molecule has 3 heteroatoms. The fraction of sp³-hybridized carbons (Fsp3) is 0.647. The predicted molar refractivity (Wildman–Crippen MR) is 79.1 cm³/mol. The van der Waals surface area contributed by atoms with Crippen LogP contribution in [0.5, 0.6) is 5.75 Å². The summed E-state index contributed by atoms with van der Waals surface area (Å²) >= 11 is 6.03. The van der Waals surface area contributed by atoms with E-state index >= 15 is 0 Å². The van der Waals surface area contributed by atoms with Crippen LogP contribution in [0.15, 0.2) is 18.2 Å². The number of benzene rings is 1. The number of ether oxygens (including phenoxy) is 1. The van der Waals surface area contributed by atoms with Gasteiger partial charge in [-0.05, 0) is 68.6 Å². The second-order valence-corrected chi connectivity index (χ2v) is 7.32. The SMILES string of the molecule is OC1CC2(CCCC(C3CC3)C2)Oc2ccc(Cl)cc21. The molecule has 0 saturated heterocycles. The van der Waals surface area contributed by atoms with Crippen LogP contribution in [0.25, 0.3) is 0 Å². The summed E-state index contributed by atoms with van der Waals surface area (Å²) in [4.78, 5) is 0. The van der Waals surface area contributed by atoms with Gasteiger partial charge in [-0.15, -0.1) is 0 Å². The van der Waals surface area contributed by atoms with Crippen LogP contribution in [-0.2, 0) is 0 Å². The average Bonchev–Trinajstić information content (AvgIpc) is 3.24. The molecule has 0 bridgehead atoms. The van der Waals surface area contributed by atoms with Gasteiger partial charge in [0.1, 0.15) is 11.4 Å². The Balaban J connectivity index is 1.62. The third-order valence-corrected chi connectivity index (χ3v) is 5.59. The summed E-state index contributed by atoms with van der Waals surface area (Å²) < 4.78 is 6.38. The fourth-order valence-electron chi connectivity index (χ4n) is 4.23. The molecular weight excluding hydrogens is 272 g/mol. The van der Waals surface area contributed by atoms with E-state index in [1.54, 1.807) is 0 Å². The maximum Gasteiger partial charge on any atom is 0.126 e. The zero-order valence-electron chi connectivity index (χ0n) is 11.6. The monoisotopic (exact) mass is 292 g/mol. The summed E-state index contributed by atoms with van der Waals surface area (Å²) in [7, 11) is 0. The van der Waals surface area contributed by atoms with Crippen LogP contribution in [0.4, 0.5) is 0 Å². The summed E-state index contributed by atoms with van der Waals surface area (Å²) in [5.74, 6) is 2.58. The minimum atomic E-state index is -0.435. The Kier molecular flexibility index (Phi) is 3.01. The van der Waals surface area contributed by atoms with Gasteiger partial charge in [-0.2, -0.15) is 0 Å². The molecule has 1 aromatic rings. The Morgan fingerprint density at radius 1 is 1.15 bits per heavy atom. The molecule has 20 heavy (non-hydrogen) atoms. The average molecular weight is 293 g/mol. The third-order valence-electron chi connectivity index (χ3n) is 5.35. The fourth-order valence-corrected chi connectivity index (χ4v) is 4.41. The summed E-state index contributed by atoms with van der Waals surface area (Å²) in [5.41, 5.74) is 0.725. The molecule has 0 amide bonds. The van der Waals surface area contributed by atoms with Crippen LogP contribution in [0, 0.1) is 11.8 Å². The number of hydrogen-bond acceptors (Lipinski definition) is 2. The largest absolute Gasteiger partial charge is 0.487 e. The van der Waals surface area contributed by atoms with Crippen molar-refractivity contribution in [1.82, 2.24) is 0 Å². The first kappa shape index (κ1) is 13.0. The number of fused-ring (bicyclic) bond motifs is 1.